The number of halogens is 1. The first-order chi connectivity index (χ1) is 5.70. The molecule has 0 aromatic carbocycles. The van der Waals surface area contributed by atoms with Gasteiger partial charge in [-0.15, -0.1) is 0 Å². The van der Waals surface area contributed by atoms with Gasteiger partial charge in [-0.25, -0.2) is 4.79 Å². The van der Waals surface area contributed by atoms with Gasteiger partial charge in [-0.2, -0.15) is 11.3 Å². The highest BCUT2D eigenvalue weighted by atomic mass is 79.9. The van der Waals surface area contributed by atoms with Crippen LogP contribution in [0, 0.1) is 0 Å². The van der Waals surface area contributed by atoms with Crippen molar-refractivity contribution >= 4 is 33.2 Å². The van der Waals surface area contributed by atoms with Gasteiger partial charge >= 0.3 is 5.97 Å². The average Bonchev–Trinajstić information content (AvgIpc) is 2.51. The Bertz CT molecular complexity index is 244. The van der Waals surface area contributed by atoms with E-state index < -0.39 is 0 Å². The fourth-order valence-electron chi connectivity index (χ4n) is 0.654. The Morgan fingerprint density at radius 1 is 1.83 bits per heavy atom. The van der Waals surface area contributed by atoms with Crippen LogP contribution in [0.15, 0.2) is 16.8 Å². The number of hydrogen-bond acceptors (Lipinski definition) is 3. The van der Waals surface area contributed by atoms with Gasteiger partial charge in [-0.1, -0.05) is 15.9 Å². The Labute approximate surface area is 83.7 Å². The summed E-state index contributed by atoms with van der Waals surface area (Å²) in [5.41, 5.74) is 0.633. The summed E-state index contributed by atoms with van der Waals surface area (Å²) in [7, 11) is 0. The molecule has 0 saturated carbocycles. The Kier molecular flexibility index (Phi) is 3.75. The first kappa shape index (κ1) is 9.74. The summed E-state index contributed by atoms with van der Waals surface area (Å²) in [5.74, 6) is -0.248. The molecule has 0 bridgehead atoms. The lowest BCUT2D eigenvalue weighted by Crippen LogP contribution is -2.10. The van der Waals surface area contributed by atoms with Gasteiger partial charge in [-0.05, 0) is 18.4 Å². The normalized spacial score (nSPS) is 12.5. The van der Waals surface area contributed by atoms with E-state index in [4.69, 9.17) is 4.74 Å². The van der Waals surface area contributed by atoms with E-state index in [1.807, 2.05) is 12.3 Å². The van der Waals surface area contributed by atoms with Gasteiger partial charge in [-0.3, -0.25) is 0 Å². The molecule has 0 aliphatic carbocycles. The third-order valence-electron chi connectivity index (χ3n) is 1.20. The molecule has 1 unspecified atom stereocenters. The van der Waals surface area contributed by atoms with Gasteiger partial charge in [0.2, 0.25) is 0 Å². The Morgan fingerprint density at radius 3 is 3.08 bits per heavy atom. The fourth-order valence-corrected chi connectivity index (χ4v) is 1.41. The molecule has 1 heterocycles. The topological polar surface area (TPSA) is 26.3 Å². The molecular formula is C8H9BrO2S. The number of ether oxygens (including phenoxy) is 1. The Morgan fingerprint density at radius 2 is 2.58 bits per heavy atom. The van der Waals surface area contributed by atoms with Gasteiger partial charge in [0.1, 0.15) is 6.61 Å². The predicted molar refractivity (Wildman–Crippen MR) is 53.0 cm³/mol. The van der Waals surface area contributed by atoms with Gasteiger partial charge in [0, 0.05) is 10.2 Å². The minimum atomic E-state index is -0.248. The second-order valence-electron chi connectivity index (χ2n) is 2.39. The van der Waals surface area contributed by atoms with E-state index in [0.29, 0.717) is 12.2 Å². The maximum absolute atomic E-state index is 11.2. The van der Waals surface area contributed by atoms with Gasteiger partial charge in [0.15, 0.2) is 0 Å². The molecule has 1 atom stereocenters. The van der Waals surface area contributed by atoms with E-state index in [-0.39, 0.29) is 10.8 Å². The second-order valence-corrected chi connectivity index (χ2v) is 4.73. The third-order valence-corrected chi connectivity index (χ3v) is 2.15. The maximum atomic E-state index is 11.2. The summed E-state index contributed by atoms with van der Waals surface area (Å²) >= 11 is 4.78. The number of esters is 1. The Balaban J connectivity index is 2.40. The standard InChI is InChI=1S/C8H9BrO2S/c1-6(9)4-11-8(10)7-2-3-12-5-7/h2-3,5-6H,4H2,1H3. The van der Waals surface area contributed by atoms with E-state index in [0.717, 1.165) is 0 Å². The molecule has 66 valence electrons. The molecule has 1 rings (SSSR count). The SMILES string of the molecule is CC(Br)COC(=O)c1ccsc1. The summed E-state index contributed by atoms with van der Waals surface area (Å²) in [5, 5.41) is 3.63. The zero-order valence-electron chi connectivity index (χ0n) is 6.62. The summed E-state index contributed by atoms with van der Waals surface area (Å²) in [6, 6.07) is 1.76. The molecule has 0 fully saturated rings. The van der Waals surface area contributed by atoms with E-state index >= 15 is 0 Å². The number of thiophene rings is 1. The van der Waals surface area contributed by atoms with Crippen LogP contribution in [-0.2, 0) is 4.74 Å². The van der Waals surface area contributed by atoms with Crippen molar-refractivity contribution in [2.45, 2.75) is 11.8 Å². The molecule has 1 aromatic rings. The van der Waals surface area contributed by atoms with Crippen LogP contribution in [0.5, 0.6) is 0 Å². The summed E-state index contributed by atoms with van der Waals surface area (Å²) in [4.78, 5) is 11.4. The van der Waals surface area contributed by atoms with E-state index in [1.54, 1.807) is 11.4 Å². The van der Waals surface area contributed by atoms with Gasteiger partial charge in [0.25, 0.3) is 0 Å². The van der Waals surface area contributed by atoms with Crippen LogP contribution in [0.1, 0.15) is 17.3 Å². The number of carbonyl (C=O) groups is 1. The third kappa shape index (κ3) is 2.95. The predicted octanol–water partition coefficient (Wildman–Crippen LogP) is 2.69. The van der Waals surface area contributed by atoms with Crippen LogP contribution in [0.4, 0.5) is 0 Å². The first-order valence-electron chi connectivity index (χ1n) is 3.53. The van der Waals surface area contributed by atoms with E-state index in [2.05, 4.69) is 15.9 Å². The van der Waals surface area contributed by atoms with Crippen LogP contribution < -0.4 is 0 Å². The van der Waals surface area contributed by atoms with Crippen LogP contribution in [0.2, 0.25) is 0 Å². The largest absolute Gasteiger partial charge is 0.461 e. The van der Waals surface area contributed by atoms with Gasteiger partial charge < -0.3 is 4.74 Å². The quantitative estimate of drug-likeness (QED) is 0.608. The van der Waals surface area contributed by atoms with E-state index in [1.165, 1.54) is 11.3 Å². The van der Waals surface area contributed by atoms with Crippen LogP contribution in [0.3, 0.4) is 0 Å². The second kappa shape index (κ2) is 4.62. The fraction of sp³-hybridized carbons (Fsp3) is 0.375. The number of carbonyl (C=O) groups excluding carboxylic acids is 1. The van der Waals surface area contributed by atoms with Crippen molar-refractivity contribution in [3.8, 4) is 0 Å². The lowest BCUT2D eigenvalue weighted by atomic mass is 10.3. The summed E-state index contributed by atoms with van der Waals surface area (Å²) < 4.78 is 4.97. The molecule has 0 saturated heterocycles. The monoisotopic (exact) mass is 248 g/mol. The summed E-state index contributed by atoms with van der Waals surface area (Å²) in [6.45, 7) is 2.34. The van der Waals surface area contributed by atoms with Crippen molar-refractivity contribution in [1.82, 2.24) is 0 Å². The number of rotatable bonds is 3. The van der Waals surface area contributed by atoms with Crippen LogP contribution in [-0.4, -0.2) is 17.4 Å². The highest BCUT2D eigenvalue weighted by Crippen LogP contribution is 2.08. The molecule has 2 nitrogen and oxygen atoms in total. The smallest absolute Gasteiger partial charge is 0.339 e. The molecular weight excluding hydrogens is 240 g/mol. The molecule has 0 spiro atoms. The minimum Gasteiger partial charge on any atom is -0.461 e. The van der Waals surface area contributed by atoms with Crippen molar-refractivity contribution in [2.75, 3.05) is 6.61 Å². The lowest BCUT2D eigenvalue weighted by molar-refractivity contribution is 0.0512. The minimum absolute atomic E-state index is 0.208. The average molecular weight is 249 g/mol. The molecule has 0 N–H and O–H groups in total. The van der Waals surface area contributed by atoms with Crippen molar-refractivity contribution in [3.05, 3.63) is 22.4 Å². The molecule has 0 amide bonds. The maximum Gasteiger partial charge on any atom is 0.339 e. The zero-order valence-corrected chi connectivity index (χ0v) is 9.02. The first-order valence-corrected chi connectivity index (χ1v) is 5.39. The Hall–Kier alpha value is -0.350. The molecule has 4 heteroatoms. The highest BCUT2D eigenvalue weighted by Gasteiger charge is 2.07. The molecule has 12 heavy (non-hydrogen) atoms. The van der Waals surface area contributed by atoms with Crippen molar-refractivity contribution in [3.63, 3.8) is 0 Å². The molecule has 1 aromatic heterocycles. The lowest BCUT2D eigenvalue weighted by Gasteiger charge is -2.03. The van der Waals surface area contributed by atoms with Crippen LogP contribution in [0.25, 0.3) is 0 Å². The van der Waals surface area contributed by atoms with Crippen molar-refractivity contribution in [1.29, 1.82) is 0 Å². The number of alkyl halides is 1. The van der Waals surface area contributed by atoms with Crippen molar-refractivity contribution < 1.29 is 9.53 Å². The number of hydrogen-bond donors (Lipinski definition) is 0. The molecule has 0 radical (unpaired) electrons. The van der Waals surface area contributed by atoms with E-state index in [9.17, 15) is 4.79 Å². The highest BCUT2D eigenvalue weighted by molar-refractivity contribution is 9.09. The van der Waals surface area contributed by atoms with Crippen LogP contribution >= 0.6 is 27.3 Å². The molecule has 0 aliphatic heterocycles. The molecule has 0 aliphatic rings. The summed E-state index contributed by atoms with van der Waals surface area (Å²) in [6.07, 6.45) is 0. The van der Waals surface area contributed by atoms with Crippen molar-refractivity contribution in [2.24, 2.45) is 0 Å². The van der Waals surface area contributed by atoms with Gasteiger partial charge in [0.05, 0.1) is 5.56 Å². The zero-order chi connectivity index (χ0) is 8.97.